The third kappa shape index (κ3) is 5.05. The van der Waals surface area contributed by atoms with Crippen LogP contribution in [0.15, 0.2) is 22.7 Å². The topological polar surface area (TPSA) is 99.8 Å². The Hall–Kier alpha value is -1.87. The van der Waals surface area contributed by atoms with Gasteiger partial charge in [-0.25, -0.2) is 9.78 Å². The maximum absolute atomic E-state index is 12.2. The first-order valence-electron chi connectivity index (χ1n) is 8.36. The quantitative estimate of drug-likeness (QED) is 0.693. The van der Waals surface area contributed by atoms with Crippen LogP contribution in [0.5, 0.6) is 0 Å². The maximum atomic E-state index is 12.2. The van der Waals surface area contributed by atoms with Crippen molar-refractivity contribution in [2.24, 2.45) is 0 Å². The third-order valence-electron chi connectivity index (χ3n) is 4.05. The van der Waals surface area contributed by atoms with E-state index in [0.29, 0.717) is 11.0 Å². The normalized spacial score (nSPS) is 16.4. The molecule has 2 heterocycles. The van der Waals surface area contributed by atoms with E-state index in [1.165, 1.54) is 18.2 Å². The zero-order valence-electron chi connectivity index (χ0n) is 13.9. The van der Waals surface area contributed by atoms with Gasteiger partial charge in [0.2, 0.25) is 11.1 Å². The van der Waals surface area contributed by atoms with E-state index in [1.54, 1.807) is 18.3 Å². The molecule has 1 atom stereocenters. The molecule has 1 aliphatic carbocycles. The van der Waals surface area contributed by atoms with Gasteiger partial charge in [0.1, 0.15) is 0 Å². The fourth-order valence-electron chi connectivity index (χ4n) is 2.72. The Labute approximate surface area is 154 Å². The van der Waals surface area contributed by atoms with Gasteiger partial charge in [-0.1, -0.05) is 37.1 Å². The minimum absolute atomic E-state index is 0.172. The number of rotatable bonds is 5. The molecule has 1 saturated carbocycles. The molecule has 0 bridgehead atoms. The van der Waals surface area contributed by atoms with Crippen molar-refractivity contribution >= 4 is 35.0 Å². The molecular weight excluding hydrogens is 358 g/mol. The van der Waals surface area contributed by atoms with E-state index < -0.39 is 11.3 Å². The number of carbonyl (C=O) groups is 2. The van der Waals surface area contributed by atoms with Gasteiger partial charge in [-0.05, 0) is 31.2 Å². The van der Waals surface area contributed by atoms with Crippen molar-refractivity contribution in [1.82, 2.24) is 25.8 Å². The molecule has 2 aromatic rings. The number of nitrogens with one attached hydrogen (secondary N) is 3. The van der Waals surface area contributed by atoms with Crippen LogP contribution < -0.4 is 10.6 Å². The number of thiophene rings is 1. The SMILES string of the molecule is C[C@@H](Sc1n[nH]c(-c2cccs2)n1)C(=O)NC(=O)NC1CCCCC1. The van der Waals surface area contributed by atoms with Crippen LogP contribution >= 0.6 is 23.1 Å². The average Bonchev–Trinajstić information content (AvgIpc) is 3.26. The van der Waals surface area contributed by atoms with Gasteiger partial charge in [-0.15, -0.1) is 16.4 Å². The number of carbonyl (C=O) groups excluding carboxylic acids is 2. The molecule has 1 fully saturated rings. The van der Waals surface area contributed by atoms with Crippen LogP contribution in [0, 0.1) is 0 Å². The molecule has 3 amide bonds. The number of hydrogen-bond donors (Lipinski definition) is 3. The molecule has 134 valence electrons. The second kappa shape index (κ2) is 8.48. The van der Waals surface area contributed by atoms with E-state index in [1.807, 2.05) is 17.5 Å². The summed E-state index contributed by atoms with van der Waals surface area (Å²) in [5.74, 6) is 0.334. The second-order valence-electron chi connectivity index (χ2n) is 6.00. The highest BCUT2D eigenvalue weighted by Crippen LogP contribution is 2.25. The van der Waals surface area contributed by atoms with E-state index >= 15 is 0 Å². The minimum atomic E-state index is -0.468. The Morgan fingerprint density at radius 1 is 1.36 bits per heavy atom. The number of thioether (sulfide) groups is 1. The monoisotopic (exact) mass is 379 g/mol. The van der Waals surface area contributed by atoms with E-state index in [4.69, 9.17) is 0 Å². The standard InChI is InChI=1S/C16H21N5O2S2/c1-10(14(22)19-15(23)17-11-6-3-2-4-7-11)25-16-18-13(20-21-16)12-8-5-9-24-12/h5,8-11H,2-4,6-7H2,1H3,(H,18,20,21)(H2,17,19,22,23)/t10-/m1/s1. The number of aromatic nitrogens is 3. The largest absolute Gasteiger partial charge is 0.335 e. The van der Waals surface area contributed by atoms with Gasteiger partial charge in [0.25, 0.3) is 0 Å². The first-order valence-corrected chi connectivity index (χ1v) is 10.1. The number of hydrogen-bond acceptors (Lipinski definition) is 6. The molecule has 1 aliphatic rings. The second-order valence-corrected chi connectivity index (χ2v) is 8.26. The molecule has 0 aliphatic heterocycles. The molecule has 9 heteroatoms. The van der Waals surface area contributed by atoms with Gasteiger partial charge in [0.15, 0.2) is 5.82 Å². The van der Waals surface area contributed by atoms with Gasteiger partial charge in [-0.2, -0.15) is 0 Å². The Kier molecular flexibility index (Phi) is 6.09. The highest BCUT2D eigenvalue weighted by Gasteiger charge is 2.21. The molecule has 0 saturated heterocycles. The molecule has 3 N–H and O–H groups in total. The van der Waals surface area contributed by atoms with Crippen LogP contribution in [0.1, 0.15) is 39.0 Å². The summed E-state index contributed by atoms with van der Waals surface area (Å²) in [5.41, 5.74) is 0. The van der Waals surface area contributed by atoms with Crippen molar-refractivity contribution in [3.05, 3.63) is 17.5 Å². The summed E-state index contributed by atoms with van der Waals surface area (Å²) in [4.78, 5) is 29.5. The van der Waals surface area contributed by atoms with E-state index in [-0.39, 0.29) is 11.9 Å². The average molecular weight is 380 g/mol. The number of amides is 3. The summed E-state index contributed by atoms with van der Waals surface area (Å²) in [6, 6.07) is 3.64. The molecule has 7 nitrogen and oxygen atoms in total. The number of nitrogens with zero attached hydrogens (tertiary/aromatic N) is 2. The number of urea groups is 1. The summed E-state index contributed by atoms with van der Waals surface area (Å²) in [6.07, 6.45) is 5.44. The number of aromatic amines is 1. The van der Waals surface area contributed by atoms with Crippen LogP contribution in [-0.2, 0) is 4.79 Å². The molecular formula is C16H21N5O2S2. The highest BCUT2D eigenvalue weighted by molar-refractivity contribution is 8.00. The van der Waals surface area contributed by atoms with E-state index in [2.05, 4.69) is 25.8 Å². The van der Waals surface area contributed by atoms with Gasteiger partial charge >= 0.3 is 6.03 Å². The molecule has 3 rings (SSSR count). The molecule has 0 aromatic carbocycles. The summed E-state index contributed by atoms with van der Waals surface area (Å²) in [7, 11) is 0. The molecule has 0 spiro atoms. The van der Waals surface area contributed by atoms with Crippen LogP contribution in [0.3, 0.4) is 0 Å². The lowest BCUT2D eigenvalue weighted by molar-refractivity contribution is -0.119. The number of H-pyrrole nitrogens is 1. The van der Waals surface area contributed by atoms with E-state index in [9.17, 15) is 9.59 Å². The van der Waals surface area contributed by atoms with Crippen molar-refractivity contribution in [3.8, 4) is 10.7 Å². The van der Waals surface area contributed by atoms with E-state index in [0.717, 1.165) is 30.6 Å². The molecule has 0 radical (unpaired) electrons. The predicted molar refractivity (Wildman–Crippen MR) is 98.6 cm³/mol. The van der Waals surface area contributed by atoms with Crippen LogP contribution in [-0.4, -0.2) is 38.4 Å². The van der Waals surface area contributed by atoms with Crippen LogP contribution in [0.2, 0.25) is 0 Å². The highest BCUT2D eigenvalue weighted by atomic mass is 32.2. The fourth-order valence-corrected chi connectivity index (χ4v) is 4.10. The first kappa shape index (κ1) is 17.9. The molecule has 0 unspecified atom stereocenters. The summed E-state index contributed by atoms with van der Waals surface area (Å²) in [5, 5.41) is 14.2. The zero-order chi connectivity index (χ0) is 17.6. The minimum Gasteiger partial charge on any atom is -0.335 e. The smallest absolute Gasteiger partial charge is 0.321 e. The van der Waals surface area contributed by atoms with Gasteiger partial charge in [-0.3, -0.25) is 15.2 Å². The zero-order valence-corrected chi connectivity index (χ0v) is 15.6. The Balaban J connectivity index is 1.48. The fraction of sp³-hybridized carbons (Fsp3) is 0.500. The van der Waals surface area contributed by atoms with Crippen molar-refractivity contribution < 1.29 is 9.59 Å². The predicted octanol–water partition coefficient (Wildman–Crippen LogP) is 3.17. The Morgan fingerprint density at radius 3 is 2.88 bits per heavy atom. The van der Waals surface area contributed by atoms with Gasteiger partial charge in [0, 0.05) is 6.04 Å². The summed E-state index contributed by atoms with van der Waals surface area (Å²) in [6.45, 7) is 1.73. The summed E-state index contributed by atoms with van der Waals surface area (Å²) >= 11 is 2.78. The van der Waals surface area contributed by atoms with Gasteiger partial charge in [0.05, 0.1) is 10.1 Å². The summed E-state index contributed by atoms with van der Waals surface area (Å²) < 4.78 is 0. The lowest BCUT2D eigenvalue weighted by Crippen LogP contribution is -2.47. The van der Waals surface area contributed by atoms with Crippen LogP contribution in [0.25, 0.3) is 10.7 Å². The van der Waals surface area contributed by atoms with Crippen molar-refractivity contribution in [2.45, 2.75) is 55.5 Å². The number of imide groups is 1. The van der Waals surface area contributed by atoms with Crippen molar-refractivity contribution in [2.75, 3.05) is 0 Å². The lowest BCUT2D eigenvalue weighted by atomic mass is 9.96. The van der Waals surface area contributed by atoms with Gasteiger partial charge < -0.3 is 5.32 Å². The Bertz CT molecular complexity index is 710. The van der Waals surface area contributed by atoms with Crippen molar-refractivity contribution in [3.63, 3.8) is 0 Å². The molecule has 2 aromatic heterocycles. The first-order chi connectivity index (χ1) is 12.1. The van der Waals surface area contributed by atoms with Crippen molar-refractivity contribution in [1.29, 1.82) is 0 Å². The lowest BCUT2D eigenvalue weighted by Gasteiger charge is -2.22. The third-order valence-corrected chi connectivity index (χ3v) is 5.89. The van der Waals surface area contributed by atoms with Crippen LogP contribution in [0.4, 0.5) is 4.79 Å². The Morgan fingerprint density at radius 2 is 2.16 bits per heavy atom. The molecule has 25 heavy (non-hydrogen) atoms. The maximum Gasteiger partial charge on any atom is 0.321 e.